The van der Waals surface area contributed by atoms with Crippen molar-refractivity contribution in [1.82, 2.24) is 14.9 Å². The minimum Gasteiger partial charge on any atom is -0.327 e. The monoisotopic (exact) mass is 285 g/mol. The second-order valence-corrected chi connectivity index (χ2v) is 6.63. The van der Waals surface area contributed by atoms with Crippen LogP contribution in [0.5, 0.6) is 0 Å². The average Bonchev–Trinajstić information content (AvgIpc) is 2.80. The van der Waals surface area contributed by atoms with E-state index in [0.29, 0.717) is 6.04 Å². The van der Waals surface area contributed by atoms with Crippen molar-refractivity contribution in [3.05, 3.63) is 30.1 Å². The van der Waals surface area contributed by atoms with Crippen LogP contribution >= 0.6 is 0 Å². The molecule has 3 unspecified atom stereocenters. The molecule has 3 atom stereocenters. The van der Waals surface area contributed by atoms with Gasteiger partial charge in [0.15, 0.2) is 0 Å². The number of para-hydroxylation sites is 2. The molecule has 0 amide bonds. The second-order valence-electron chi connectivity index (χ2n) is 6.63. The van der Waals surface area contributed by atoms with Gasteiger partial charge in [-0.1, -0.05) is 38.8 Å². The first-order valence-corrected chi connectivity index (χ1v) is 8.32. The maximum absolute atomic E-state index is 4.64. The molecule has 1 aromatic heterocycles. The lowest BCUT2D eigenvalue weighted by molar-refractivity contribution is 0.206. The maximum atomic E-state index is 4.64. The standard InChI is InChI=1S/C18H27N3/c1-13-7-6-9-16(14(13)2)19-11-12-21-15(3)20-17-8-4-5-10-18(17)21/h4-5,8,10,13-14,16,19H,6-7,9,11-12H2,1-3H3. The number of benzene rings is 1. The van der Waals surface area contributed by atoms with Crippen molar-refractivity contribution in [2.75, 3.05) is 6.54 Å². The smallest absolute Gasteiger partial charge is 0.106 e. The molecule has 0 aliphatic heterocycles. The highest BCUT2D eigenvalue weighted by molar-refractivity contribution is 5.75. The Kier molecular flexibility index (Phi) is 4.29. The van der Waals surface area contributed by atoms with Gasteiger partial charge in [0.2, 0.25) is 0 Å². The number of hydrogen-bond acceptors (Lipinski definition) is 2. The summed E-state index contributed by atoms with van der Waals surface area (Å²) in [6.07, 6.45) is 4.09. The molecule has 0 saturated heterocycles. The third-order valence-corrected chi connectivity index (χ3v) is 5.29. The Morgan fingerprint density at radius 3 is 2.90 bits per heavy atom. The number of nitrogens with one attached hydrogen (secondary N) is 1. The van der Waals surface area contributed by atoms with Crippen LogP contribution in [0.3, 0.4) is 0 Å². The van der Waals surface area contributed by atoms with Crippen molar-refractivity contribution in [2.24, 2.45) is 11.8 Å². The second kappa shape index (κ2) is 6.18. The Labute approximate surface area is 127 Å². The first-order valence-electron chi connectivity index (χ1n) is 8.32. The third kappa shape index (κ3) is 2.98. The summed E-state index contributed by atoms with van der Waals surface area (Å²) in [6.45, 7) is 8.93. The highest BCUT2D eigenvalue weighted by Crippen LogP contribution is 2.29. The summed E-state index contributed by atoms with van der Waals surface area (Å²) in [5.74, 6) is 2.76. The summed E-state index contributed by atoms with van der Waals surface area (Å²) in [7, 11) is 0. The molecule has 3 rings (SSSR count). The van der Waals surface area contributed by atoms with Crippen LogP contribution in [-0.4, -0.2) is 22.1 Å². The van der Waals surface area contributed by atoms with E-state index < -0.39 is 0 Å². The normalized spacial score (nSPS) is 26.3. The van der Waals surface area contributed by atoms with Crippen LogP contribution in [0.25, 0.3) is 11.0 Å². The molecule has 0 spiro atoms. The first kappa shape index (κ1) is 14.6. The molecule has 1 N–H and O–H groups in total. The van der Waals surface area contributed by atoms with Gasteiger partial charge in [-0.25, -0.2) is 4.98 Å². The summed E-state index contributed by atoms with van der Waals surface area (Å²) in [4.78, 5) is 4.64. The molecule has 1 aliphatic carbocycles. The molecule has 0 radical (unpaired) electrons. The first-order chi connectivity index (χ1) is 10.2. The molecule has 1 saturated carbocycles. The molecule has 21 heavy (non-hydrogen) atoms. The Bertz CT molecular complexity index is 602. The summed E-state index contributed by atoms with van der Waals surface area (Å²) in [5.41, 5.74) is 2.36. The molecular formula is C18H27N3. The van der Waals surface area contributed by atoms with Gasteiger partial charge >= 0.3 is 0 Å². The number of hydrogen-bond donors (Lipinski definition) is 1. The molecule has 3 heteroatoms. The Morgan fingerprint density at radius 1 is 1.24 bits per heavy atom. The van der Waals surface area contributed by atoms with E-state index in [2.05, 4.69) is 59.9 Å². The third-order valence-electron chi connectivity index (χ3n) is 5.29. The van der Waals surface area contributed by atoms with Crippen LogP contribution in [0.2, 0.25) is 0 Å². The van der Waals surface area contributed by atoms with Crippen LogP contribution in [-0.2, 0) is 6.54 Å². The summed E-state index contributed by atoms with van der Waals surface area (Å²) < 4.78 is 2.33. The molecule has 3 nitrogen and oxygen atoms in total. The lowest BCUT2D eigenvalue weighted by Gasteiger charge is -2.34. The van der Waals surface area contributed by atoms with E-state index in [4.69, 9.17) is 0 Å². The van der Waals surface area contributed by atoms with Gasteiger partial charge in [-0.2, -0.15) is 0 Å². The van der Waals surface area contributed by atoms with Crippen LogP contribution in [0.4, 0.5) is 0 Å². The lowest BCUT2D eigenvalue weighted by atomic mass is 9.78. The molecule has 114 valence electrons. The van der Waals surface area contributed by atoms with Gasteiger partial charge in [0.05, 0.1) is 11.0 Å². The van der Waals surface area contributed by atoms with E-state index in [9.17, 15) is 0 Å². The lowest BCUT2D eigenvalue weighted by Crippen LogP contribution is -2.41. The fourth-order valence-corrected chi connectivity index (χ4v) is 3.71. The van der Waals surface area contributed by atoms with E-state index >= 15 is 0 Å². The number of aromatic nitrogens is 2. The number of nitrogens with zero attached hydrogens (tertiary/aromatic N) is 2. The van der Waals surface area contributed by atoms with Crippen molar-refractivity contribution in [3.63, 3.8) is 0 Å². The number of rotatable bonds is 4. The maximum Gasteiger partial charge on any atom is 0.106 e. The van der Waals surface area contributed by atoms with Crippen molar-refractivity contribution in [3.8, 4) is 0 Å². The fourth-order valence-electron chi connectivity index (χ4n) is 3.71. The minimum atomic E-state index is 0.684. The van der Waals surface area contributed by atoms with E-state index in [0.717, 1.165) is 36.3 Å². The van der Waals surface area contributed by atoms with E-state index in [1.54, 1.807) is 0 Å². The zero-order chi connectivity index (χ0) is 14.8. The molecule has 1 aliphatic rings. The Balaban J connectivity index is 1.63. The Morgan fingerprint density at radius 2 is 2.05 bits per heavy atom. The number of fused-ring (bicyclic) bond motifs is 1. The van der Waals surface area contributed by atoms with Crippen LogP contribution < -0.4 is 5.32 Å². The molecule has 2 aromatic rings. The van der Waals surface area contributed by atoms with Crippen molar-refractivity contribution >= 4 is 11.0 Å². The van der Waals surface area contributed by atoms with E-state index in [1.807, 2.05) is 0 Å². The molecular weight excluding hydrogens is 258 g/mol. The predicted octanol–water partition coefficient (Wildman–Crippen LogP) is 3.76. The summed E-state index contributed by atoms with van der Waals surface area (Å²) in [5, 5.41) is 3.78. The summed E-state index contributed by atoms with van der Waals surface area (Å²) in [6, 6.07) is 9.10. The average molecular weight is 285 g/mol. The van der Waals surface area contributed by atoms with E-state index in [-0.39, 0.29) is 0 Å². The van der Waals surface area contributed by atoms with Gasteiger partial charge in [0, 0.05) is 19.1 Å². The van der Waals surface area contributed by atoms with Crippen LogP contribution in [0.15, 0.2) is 24.3 Å². The molecule has 0 bridgehead atoms. The molecule has 1 heterocycles. The largest absolute Gasteiger partial charge is 0.327 e. The quantitative estimate of drug-likeness (QED) is 0.927. The number of aryl methyl sites for hydroxylation is 1. The highest BCUT2D eigenvalue weighted by Gasteiger charge is 2.26. The topological polar surface area (TPSA) is 29.9 Å². The SMILES string of the molecule is Cc1nc2ccccc2n1CCNC1CCCC(C)C1C. The van der Waals surface area contributed by atoms with Crippen molar-refractivity contribution < 1.29 is 0 Å². The zero-order valence-electron chi connectivity index (χ0n) is 13.5. The Hall–Kier alpha value is -1.35. The zero-order valence-corrected chi connectivity index (χ0v) is 13.5. The van der Waals surface area contributed by atoms with Crippen LogP contribution in [0, 0.1) is 18.8 Å². The fraction of sp³-hybridized carbons (Fsp3) is 0.611. The number of imidazole rings is 1. The summed E-state index contributed by atoms with van der Waals surface area (Å²) >= 11 is 0. The van der Waals surface area contributed by atoms with Gasteiger partial charge in [-0.05, 0) is 37.3 Å². The van der Waals surface area contributed by atoms with Crippen LogP contribution in [0.1, 0.15) is 38.9 Å². The predicted molar refractivity (Wildman–Crippen MR) is 88.4 cm³/mol. The van der Waals surface area contributed by atoms with Crippen molar-refractivity contribution in [2.45, 2.75) is 52.6 Å². The minimum absolute atomic E-state index is 0.684. The van der Waals surface area contributed by atoms with Gasteiger partial charge in [0.1, 0.15) is 5.82 Å². The van der Waals surface area contributed by atoms with Gasteiger partial charge in [-0.3, -0.25) is 0 Å². The molecule has 1 fully saturated rings. The van der Waals surface area contributed by atoms with E-state index in [1.165, 1.54) is 24.8 Å². The van der Waals surface area contributed by atoms with Gasteiger partial charge in [-0.15, -0.1) is 0 Å². The highest BCUT2D eigenvalue weighted by atomic mass is 15.1. The van der Waals surface area contributed by atoms with Gasteiger partial charge < -0.3 is 9.88 Å². The van der Waals surface area contributed by atoms with Crippen molar-refractivity contribution in [1.29, 1.82) is 0 Å². The van der Waals surface area contributed by atoms with Gasteiger partial charge in [0.25, 0.3) is 0 Å². The molecule has 1 aromatic carbocycles.